The lowest BCUT2D eigenvalue weighted by Crippen LogP contribution is -1.97. The van der Waals surface area contributed by atoms with Crippen molar-refractivity contribution in [3.8, 4) is 11.5 Å². The molecule has 0 amide bonds. The summed E-state index contributed by atoms with van der Waals surface area (Å²) in [6, 6.07) is 11.4. The zero-order chi connectivity index (χ0) is 13.0. The van der Waals surface area contributed by atoms with Crippen LogP contribution in [-0.2, 0) is 13.2 Å². The van der Waals surface area contributed by atoms with E-state index >= 15 is 0 Å². The first-order valence-electron chi connectivity index (χ1n) is 5.59. The molecule has 0 saturated carbocycles. The third kappa shape index (κ3) is 2.85. The number of hydrogen-bond donors (Lipinski definition) is 2. The Hall–Kier alpha value is -1.91. The van der Waals surface area contributed by atoms with Crippen LogP contribution in [0.25, 0.3) is 0 Å². The van der Waals surface area contributed by atoms with Crippen LogP contribution in [0.15, 0.2) is 42.5 Å². The number of halogens is 1. The third-order valence-corrected chi connectivity index (χ3v) is 2.57. The van der Waals surface area contributed by atoms with Gasteiger partial charge in [-0.15, -0.1) is 0 Å². The van der Waals surface area contributed by atoms with Crippen molar-refractivity contribution in [2.24, 2.45) is 5.73 Å². The molecule has 0 aliphatic heterocycles. The minimum absolute atomic E-state index is 0.0279. The largest absolute Gasteiger partial charge is 0.454 e. The number of hydrogen-bond acceptors (Lipinski definition) is 3. The van der Waals surface area contributed by atoms with E-state index in [9.17, 15) is 4.39 Å². The van der Waals surface area contributed by atoms with Crippen LogP contribution in [-0.4, -0.2) is 5.11 Å². The van der Waals surface area contributed by atoms with Crippen LogP contribution >= 0.6 is 0 Å². The van der Waals surface area contributed by atoms with Gasteiger partial charge in [0.05, 0.1) is 6.61 Å². The maximum atomic E-state index is 13.6. The molecule has 3 nitrogen and oxygen atoms in total. The van der Waals surface area contributed by atoms with E-state index in [-0.39, 0.29) is 12.4 Å². The molecule has 2 aromatic carbocycles. The fraction of sp³-hybridized carbons (Fsp3) is 0.143. The number of benzene rings is 2. The summed E-state index contributed by atoms with van der Waals surface area (Å²) in [5.74, 6) is 0.236. The summed E-state index contributed by atoms with van der Waals surface area (Å²) in [5.41, 5.74) is 6.92. The molecule has 2 aromatic rings. The number of aliphatic hydroxyl groups is 1. The van der Waals surface area contributed by atoms with Gasteiger partial charge >= 0.3 is 0 Å². The first-order chi connectivity index (χ1) is 8.72. The van der Waals surface area contributed by atoms with E-state index in [0.717, 1.165) is 11.1 Å². The van der Waals surface area contributed by atoms with Gasteiger partial charge in [-0.05, 0) is 35.4 Å². The van der Waals surface area contributed by atoms with Gasteiger partial charge in [0, 0.05) is 6.54 Å². The number of ether oxygens (including phenoxy) is 1. The predicted octanol–water partition coefficient (Wildman–Crippen LogP) is 2.57. The molecule has 0 aliphatic rings. The fourth-order valence-electron chi connectivity index (χ4n) is 1.54. The SMILES string of the molecule is NCc1ccc(Oc2ccc(CO)cc2)c(F)c1. The molecule has 0 radical (unpaired) electrons. The molecular formula is C14H14FNO2. The van der Waals surface area contributed by atoms with E-state index in [1.807, 2.05) is 0 Å². The summed E-state index contributed by atoms with van der Waals surface area (Å²) >= 11 is 0. The summed E-state index contributed by atoms with van der Waals surface area (Å²) in [6.07, 6.45) is 0. The summed E-state index contributed by atoms with van der Waals surface area (Å²) in [4.78, 5) is 0. The van der Waals surface area contributed by atoms with Crippen LogP contribution in [0.3, 0.4) is 0 Å². The van der Waals surface area contributed by atoms with Crippen molar-refractivity contribution in [1.29, 1.82) is 0 Å². The van der Waals surface area contributed by atoms with Crippen molar-refractivity contribution in [2.75, 3.05) is 0 Å². The Bertz CT molecular complexity index is 526. The lowest BCUT2D eigenvalue weighted by atomic mass is 10.2. The van der Waals surface area contributed by atoms with Crippen molar-refractivity contribution in [3.63, 3.8) is 0 Å². The van der Waals surface area contributed by atoms with Crippen molar-refractivity contribution in [1.82, 2.24) is 0 Å². The van der Waals surface area contributed by atoms with Crippen LogP contribution in [0.2, 0.25) is 0 Å². The number of aliphatic hydroxyl groups excluding tert-OH is 1. The Kier molecular flexibility index (Phi) is 3.92. The van der Waals surface area contributed by atoms with Gasteiger partial charge in [-0.3, -0.25) is 0 Å². The molecule has 0 unspecified atom stereocenters. The predicted molar refractivity (Wildman–Crippen MR) is 66.7 cm³/mol. The monoisotopic (exact) mass is 247 g/mol. The molecular weight excluding hydrogens is 233 g/mol. The molecule has 2 rings (SSSR count). The lowest BCUT2D eigenvalue weighted by Gasteiger charge is -2.08. The Morgan fingerprint density at radius 2 is 1.72 bits per heavy atom. The first-order valence-corrected chi connectivity index (χ1v) is 5.59. The summed E-state index contributed by atoms with van der Waals surface area (Å²) in [7, 11) is 0. The van der Waals surface area contributed by atoms with Gasteiger partial charge in [-0.1, -0.05) is 18.2 Å². The summed E-state index contributed by atoms with van der Waals surface area (Å²) < 4.78 is 19.1. The second kappa shape index (κ2) is 5.62. The van der Waals surface area contributed by atoms with Crippen molar-refractivity contribution in [2.45, 2.75) is 13.2 Å². The van der Waals surface area contributed by atoms with Crippen molar-refractivity contribution >= 4 is 0 Å². The van der Waals surface area contributed by atoms with E-state index < -0.39 is 5.82 Å². The molecule has 94 valence electrons. The van der Waals surface area contributed by atoms with E-state index in [0.29, 0.717) is 12.3 Å². The molecule has 18 heavy (non-hydrogen) atoms. The molecule has 0 bridgehead atoms. The highest BCUT2D eigenvalue weighted by Crippen LogP contribution is 2.25. The smallest absolute Gasteiger partial charge is 0.166 e. The molecule has 0 aromatic heterocycles. The van der Waals surface area contributed by atoms with Gasteiger partial charge in [-0.2, -0.15) is 0 Å². The second-order valence-corrected chi connectivity index (χ2v) is 3.87. The molecule has 4 heteroatoms. The van der Waals surface area contributed by atoms with Gasteiger partial charge in [0.1, 0.15) is 5.75 Å². The molecule has 0 heterocycles. The van der Waals surface area contributed by atoms with Crippen molar-refractivity contribution < 1.29 is 14.2 Å². The fourth-order valence-corrected chi connectivity index (χ4v) is 1.54. The number of rotatable bonds is 4. The highest BCUT2D eigenvalue weighted by atomic mass is 19.1. The maximum Gasteiger partial charge on any atom is 0.166 e. The normalized spacial score (nSPS) is 10.4. The van der Waals surface area contributed by atoms with Gasteiger partial charge in [-0.25, -0.2) is 4.39 Å². The minimum Gasteiger partial charge on any atom is -0.454 e. The maximum absolute atomic E-state index is 13.6. The van der Waals surface area contributed by atoms with Crippen LogP contribution in [0.4, 0.5) is 4.39 Å². The summed E-state index contributed by atoms with van der Waals surface area (Å²) in [6.45, 7) is 0.266. The van der Waals surface area contributed by atoms with Gasteiger partial charge in [0.15, 0.2) is 11.6 Å². The molecule has 0 saturated heterocycles. The molecule has 3 N–H and O–H groups in total. The topological polar surface area (TPSA) is 55.5 Å². The molecule has 0 fully saturated rings. The Morgan fingerprint density at radius 3 is 2.28 bits per heavy atom. The van der Waals surface area contributed by atoms with Gasteiger partial charge in [0.25, 0.3) is 0 Å². The Morgan fingerprint density at radius 1 is 1.06 bits per heavy atom. The highest BCUT2D eigenvalue weighted by Gasteiger charge is 2.05. The lowest BCUT2D eigenvalue weighted by molar-refractivity contribution is 0.281. The zero-order valence-corrected chi connectivity index (χ0v) is 9.77. The standard InChI is InChI=1S/C14H14FNO2/c15-13-7-11(8-16)3-6-14(13)18-12-4-1-10(9-17)2-5-12/h1-7,17H,8-9,16H2. The van der Waals surface area contributed by atoms with E-state index in [1.165, 1.54) is 6.07 Å². The average molecular weight is 247 g/mol. The summed E-state index contributed by atoms with van der Waals surface area (Å²) in [5, 5.41) is 8.91. The second-order valence-electron chi connectivity index (χ2n) is 3.87. The molecule has 0 aliphatic carbocycles. The van der Waals surface area contributed by atoms with E-state index in [1.54, 1.807) is 36.4 Å². The van der Waals surface area contributed by atoms with E-state index in [4.69, 9.17) is 15.6 Å². The quantitative estimate of drug-likeness (QED) is 0.873. The highest BCUT2D eigenvalue weighted by molar-refractivity contribution is 5.35. The van der Waals surface area contributed by atoms with Crippen molar-refractivity contribution in [3.05, 3.63) is 59.4 Å². The van der Waals surface area contributed by atoms with Gasteiger partial charge in [0.2, 0.25) is 0 Å². The van der Waals surface area contributed by atoms with Crippen LogP contribution in [0.1, 0.15) is 11.1 Å². The first kappa shape index (κ1) is 12.5. The Labute approximate surface area is 105 Å². The Balaban J connectivity index is 2.17. The minimum atomic E-state index is -0.441. The van der Waals surface area contributed by atoms with Crippen LogP contribution in [0.5, 0.6) is 11.5 Å². The van der Waals surface area contributed by atoms with Crippen LogP contribution in [0, 0.1) is 5.82 Å². The average Bonchev–Trinajstić information content (AvgIpc) is 2.42. The molecule has 0 atom stereocenters. The zero-order valence-electron chi connectivity index (χ0n) is 9.77. The molecule has 0 spiro atoms. The van der Waals surface area contributed by atoms with Gasteiger partial charge < -0.3 is 15.6 Å². The van der Waals surface area contributed by atoms with E-state index in [2.05, 4.69) is 0 Å². The third-order valence-electron chi connectivity index (χ3n) is 2.57. The van der Waals surface area contributed by atoms with Crippen LogP contribution < -0.4 is 10.5 Å². The number of nitrogens with two attached hydrogens (primary N) is 1.